The van der Waals surface area contributed by atoms with Crippen LogP contribution in [0, 0.1) is 24.2 Å². The summed E-state index contributed by atoms with van der Waals surface area (Å²) in [7, 11) is 0. The number of aliphatic carboxylic acids is 1. The second-order valence-electron chi connectivity index (χ2n) is 6.45. The zero-order valence-electron chi connectivity index (χ0n) is 12.6. The van der Waals surface area contributed by atoms with Crippen molar-refractivity contribution in [2.45, 2.75) is 53.1 Å². The van der Waals surface area contributed by atoms with Gasteiger partial charge in [0.2, 0.25) is 0 Å². The van der Waals surface area contributed by atoms with Gasteiger partial charge in [-0.05, 0) is 31.1 Å². The third kappa shape index (κ3) is 3.04. The fourth-order valence-corrected chi connectivity index (χ4v) is 3.95. The van der Waals surface area contributed by atoms with Crippen molar-refractivity contribution in [3.63, 3.8) is 0 Å². The minimum Gasteiger partial charge on any atom is -0.481 e. The molecule has 0 radical (unpaired) electrons. The van der Waals surface area contributed by atoms with Gasteiger partial charge in [0.25, 0.3) is 0 Å². The molecule has 1 aliphatic rings. The number of nitrogens with zero attached hydrogens (tertiary/aromatic N) is 1. The van der Waals surface area contributed by atoms with Crippen LogP contribution in [0.5, 0.6) is 0 Å². The lowest BCUT2D eigenvalue weighted by Crippen LogP contribution is -2.50. The van der Waals surface area contributed by atoms with Crippen LogP contribution in [-0.4, -0.2) is 22.1 Å². The topological polar surface area (TPSA) is 62.2 Å². The number of hydrogen-bond acceptors (Lipinski definition) is 4. The quantitative estimate of drug-likeness (QED) is 0.896. The summed E-state index contributed by atoms with van der Waals surface area (Å²) in [6.07, 6.45) is 1.67. The van der Waals surface area contributed by atoms with Crippen molar-refractivity contribution in [3.05, 3.63) is 16.1 Å². The maximum absolute atomic E-state index is 11.4. The van der Waals surface area contributed by atoms with Crippen molar-refractivity contribution >= 4 is 17.3 Å². The molecule has 1 heterocycles. The smallest absolute Gasteiger partial charge is 0.307 e. The van der Waals surface area contributed by atoms with Gasteiger partial charge < -0.3 is 10.4 Å². The molecule has 0 aliphatic heterocycles. The summed E-state index contributed by atoms with van der Waals surface area (Å²) < 4.78 is 0. The van der Waals surface area contributed by atoms with Crippen LogP contribution in [-0.2, 0) is 11.3 Å². The summed E-state index contributed by atoms with van der Waals surface area (Å²) >= 11 is 1.68. The van der Waals surface area contributed by atoms with E-state index in [4.69, 9.17) is 0 Å². The highest BCUT2D eigenvalue weighted by Gasteiger charge is 2.46. The Hall–Kier alpha value is -0.940. The molecule has 0 spiro atoms. The number of aromatic nitrogens is 1. The van der Waals surface area contributed by atoms with Crippen molar-refractivity contribution in [2.24, 2.45) is 17.3 Å². The second kappa shape index (κ2) is 5.82. The Labute approximate surface area is 124 Å². The predicted molar refractivity (Wildman–Crippen MR) is 80.8 cm³/mol. The Morgan fingerprint density at radius 2 is 2.25 bits per heavy atom. The zero-order chi connectivity index (χ0) is 14.9. The Kier molecular flexibility index (Phi) is 4.49. The Morgan fingerprint density at radius 1 is 1.55 bits per heavy atom. The van der Waals surface area contributed by atoms with Gasteiger partial charge in [-0.1, -0.05) is 20.8 Å². The number of thiazole rings is 1. The average molecular weight is 296 g/mol. The molecule has 5 heteroatoms. The monoisotopic (exact) mass is 296 g/mol. The zero-order valence-corrected chi connectivity index (χ0v) is 13.5. The van der Waals surface area contributed by atoms with Crippen LogP contribution < -0.4 is 5.32 Å². The Bertz CT molecular complexity index is 484. The molecule has 0 amide bonds. The first-order valence-electron chi connectivity index (χ1n) is 7.19. The highest BCUT2D eigenvalue weighted by atomic mass is 32.1. The standard InChI is InChI=1S/C15H24N2O2S/c1-9-8-20-13(17-9)7-16-12-6-5-11(14(18)19)15(3,4)10(12)2/h8,10-12,16H,5-7H2,1-4H3,(H,18,19). The highest BCUT2D eigenvalue weighted by molar-refractivity contribution is 7.09. The summed E-state index contributed by atoms with van der Waals surface area (Å²) in [4.78, 5) is 15.8. The van der Waals surface area contributed by atoms with Gasteiger partial charge in [0.05, 0.1) is 5.92 Å². The van der Waals surface area contributed by atoms with Crippen LogP contribution in [0.1, 0.15) is 44.3 Å². The number of carbonyl (C=O) groups is 1. The van der Waals surface area contributed by atoms with Gasteiger partial charge in [0.1, 0.15) is 5.01 Å². The van der Waals surface area contributed by atoms with Crippen LogP contribution >= 0.6 is 11.3 Å². The van der Waals surface area contributed by atoms with E-state index in [1.165, 1.54) is 0 Å². The van der Waals surface area contributed by atoms with Gasteiger partial charge in [-0.25, -0.2) is 4.98 Å². The molecule has 0 aromatic carbocycles. The number of carboxylic acids is 1. The molecule has 1 fully saturated rings. The molecule has 112 valence electrons. The summed E-state index contributed by atoms with van der Waals surface area (Å²) in [6, 6.07) is 0.366. The molecule has 1 aliphatic carbocycles. The molecule has 3 unspecified atom stereocenters. The molecule has 0 bridgehead atoms. The molecule has 20 heavy (non-hydrogen) atoms. The largest absolute Gasteiger partial charge is 0.481 e. The van der Waals surface area contributed by atoms with Gasteiger partial charge in [-0.3, -0.25) is 4.79 Å². The molecule has 4 nitrogen and oxygen atoms in total. The molecule has 3 atom stereocenters. The number of hydrogen-bond donors (Lipinski definition) is 2. The van der Waals surface area contributed by atoms with Gasteiger partial charge in [0.15, 0.2) is 0 Å². The molecule has 1 saturated carbocycles. The highest BCUT2D eigenvalue weighted by Crippen LogP contribution is 2.45. The van der Waals surface area contributed by atoms with Gasteiger partial charge in [-0.2, -0.15) is 0 Å². The van der Waals surface area contributed by atoms with Crippen molar-refractivity contribution in [1.29, 1.82) is 0 Å². The molecule has 1 aromatic heterocycles. The van der Waals surface area contributed by atoms with E-state index < -0.39 is 5.97 Å². The van der Waals surface area contributed by atoms with E-state index in [0.717, 1.165) is 30.1 Å². The summed E-state index contributed by atoms with van der Waals surface area (Å²) in [5, 5.41) is 16.1. The molecule has 1 aromatic rings. The maximum Gasteiger partial charge on any atom is 0.307 e. The fourth-order valence-electron chi connectivity index (χ4n) is 3.23. The van der Waals surface area contributed by atoms with Crippen LogP contribution in [0.15, 0.2) is 5.38 Å². The van der Waals surface area contributed by atoms with E-state index in [0.29, 0.717) is 12.0 Å². The van der Waals surface area contributed by atoms with E-state index in [1.54, 1.807) is 11.3 Å². The van der Waals surface area contributed by atoms with E-state index in [2.05, 4.69) is 36.5 Å². The lowest BCUT2D eigenvalue weighted by molar-refractivity contribution is -0.150. The summed E-state index contributed by atoms with van der Waals surface area (Å²) in [5.41, 5.74) is 0.885. The molecular weight excluding hydrogens is 272 g/mol. The maximum atomic E-state index is 11.4. The first-order chi connectivity index (χ1) is 9.32. The number of carboxylic acid groups (broad SMARTS) is 1. The van der Waals surface area contributed by atoms with E-state index in [1.807, 2.05) is 6.92 Å². The molecule has 2 rings (SSSR count). The van der Waals surface area contributed by atoms with Gasteiger partial charge in [0, 0.05) is 23.7 Å². The van der Waals surface area contributed by atoms with Crippen LogP contribution in [0.25, 0.3) is 0 Å². The fraction of sp³-hybridized carbons (Fsp3) is 0.733. The SMILES string of the molecule is Cc1csc(CNC2CCC(C(=O)O)C(C)(C)C2C)n1. The van der Waals surface area contributed by atoms with E-state index in [-0.39, 0.29) is 11.3 Å². The number of aryl methyl sites for hydroxylation is 1. The Morgan fingerprint density at radius 3 is 2.80 bits per heavy atom. The Balaban J connectivity index is 1.99. The summed E-state index contributed by atoms with van der Waals surface area (Å²) in [5.74, 6) is -0.563. The lowest BCUT2D eigenvalue weighted by Gasteiger charge is -2.46. The first kappa shape index (κ1) is 15.4. The normalized spacial score (nSPS) is 29.3. The molecule has 0 saturated heterocycles. The third-order valence-corrected chi connectivity index (χ3v) is 5.89. The van der Waals surface area contributed by atoms with Gasteiger partial charge >= 0.3 is 5.97 Å². The van der Waals surface area contributed by atoms with Crippen molar-refractivity contribution in [2.75, 3.05) is 0 Å². The first-order valence-corrected chi connectivity index (χ1v) is 8.07. The average Bonchev–Trinajstić information content (AvgIpc) is 2.76. The van der Waals surface area contributed by atoms with Crippen molar-refractivity contribution in [3.8, 4) is 0 Å². The predicted octanol–water partition coefficient (Wildman–Crippen LogP) is 3.07. The van der Waals surface area contributed by atoms with Gasteiger partial charge in [-0.15, -0.1) is 11.3 Å². The lowest BCUT2D eigenvalue weighted by atomic mass is 9.61. The second-order valence-corrected chi connectivity index (χ2v) is 7.39. The number of rotatable bonds is 4. The van der Waals surface area contributed by atoms with Crippen LogP contribution in [0.3, 0.4) is 0 Å². The van der Waals surface area contributed by atoms with E-state index >= 15 is 0 Å². The van der Waals surface area contributed by atoms with Crippen molar-refractivity contribution < 1.29 is 9.90 Å². The minimum absolute atomic E-state index is 0.180. The molecular formula is C15H24N2O2S. The van der Waals surface area contributed by atoms with Crippen LogP contribution in [0.4, 0.5) is 0 Å². The minimum atomic E-state index is -0.657. The summed E-state index contributed by atoms with van der Waals surface area (Å²) in [6.45, 7) is 9.11. The van der Waals surface area contributed by atoms with Crippen molar-refractivity contribution in [1.82, 2.24) is 10.3 Å². The van der Waals surface area contributed by atoms with E-state index in [9.17, 15) is 9.90 Å². The molecule has 2 N–H and O–H groups in total. The third-order valence-electron chi connectivity index (χ3n) is 4.92. The van der Waals surface area contributed by atoms with Crippen LogP contribution in [0.2, 0.25) is 0 Å². The number of nitrogens with one attached hydrogen (secondary N) is 1.